The molecule has 2 N–H and O–H groups in total. The van der Waals surface area contributed by atoms with Gasteiger partial charge >= 0.3 is 0 Å². The number of hydrogen-bond acceptors (Lipinski definition) is 4. The summed E-state index contributed by atoms with van der Waals surface area (Å²) in [7, 11) is 0. The lowest BCUT2D eigenvalue weighted by Gasteiger charge is -2.31. The Hall–Kier alpha value is -1.59. The van der Waals surface area contributed by atoms with Crippen molar-refractivity contribution in [1.29, 1.82) is 0 Å². The number of amides is 1. The van der Waals surface area contributed by atoms with Crippen LogP contribution in [-0.4, -0.2) is 56.1 Å². The Bertz CT molecular complexity index is 562. The quantitative estimate of drug-likeness (QED) is 0.848. The average Bonchev–Trinajstić information content (AvgIpc) is 2.93. The van der Waals surface area contributed by atoms with E-state index in [0.29, 0.717) is 6.04 Å². The maximum absolute atomic E-state index is 12.8. The van der Waals surface area contributed by atoms with Gasteiger partial charge < -0.3 is 20.4 Å². The minimum Gasteiger partial charge on any atom is -0.369 e. The van der Waals surface area contributed by atoms with Gasteiger partial charge in [-0.25, -0.2) is 0 Å². The van der Waals surface area contributed by atoms with E-state index < -0.39 is 0 Å². The first-order valence-electron chi connectivity index (χ1n) is 8.43. The van der Waals surface area contributed by atoms with Crippen molar-refractivity contribution in [3.05, 3.63) is 29.3 Å². The third-order valence-electron chi connectivity index (χ3n) is 5.12. The SMILES string of the molecule is O=C1c2cc(N3CCNCC3)ccc2CN1[C@H]1CCCNC1. The molecular weight excluding hydrogens is 276 g/mol. The van der Waals surface area contributed by atoms with Gasteiger partial charge in [-0.15, -0.1) is 0 Å². The summed E-state index contributed by atoms with van der Waals surface area (Å²) in [6, 6.07) is 6.80. The van der Waals surface area contributed by atoms with Crippen molar-refractivity contribution in [3.8, 4) is 0 Å². The monoisotopic (exact) mass is 300 g/mol. The van der Waals surface area contributed by atoms with Gasteiger partial charge in [0.15, 0.2) is 0 Å². The molecule has 22 heavy (non-hydrogen) atoms. The van der Waals surface area contributed by atoms with E-state index in [1.165, 1.54) is 11.3 Å². The molecule has 2 fully saturated rings. The molecule has 0 bridgehead atoms. The zero-order valence-corrected chi connectivity index (χ0v) is 13.0. The number of piperidine rings is 1. The predicted octanol–water partition coefficient (Wildman–Crippen LogP) is 0.804. The van der Waals surface area contributed by atoms with Gasteiger partial charge in [0, 0.05) is 56.6 Å². The normalized spacial score (nSPS) is 25.5. The molecule has 0 aliphatic carbocycles. The molecule has 1 amide bonds. The Kier molecular flexibility index (Phi) is 3.76. The van der Waals surface area contributed by atoms with Crippen molar-refractivity contribution in [2.45, 2.75) is 25.4 Å². The minimum atomic E-state index is 0.223. The summed E-state index contributed by atoms with van der Waals surface area (Å²) in [4.78, 5) is 17.2. The minimum absolute atomic E-state index is 0.223. The molecule has 5 nitrogen and oxygen atoms in total. The summed E-state index contributed by atoms with van der Waals surface area (Å²) in [5.41, 5.74) is 3.30. The first kappa shape index (κ1) is 14.0. The lowest BCUT2D eigenvalue weighted by molar-refractivity contribution is 0.0674. The van der Waals surface area contributed by atoms with Gasteiger partial charge in [0.25, 0.3) is 5.91 Å². The van der Waals surface area contributed by atoms with Gasteiger partial charge in [0.2, 0.25) is 0 Å². The summed E-state index contributed by atoms with van der Waals surface area (Å²) in [6.45, 7) is 6.87. The number of nitrogens with one attached hydrogen (secondary N) is 2. The number of fused-ring (bicyclic) bond motifs is 1. The third kappa shape index (κ3) is 2.48. The van der Waals surface area contributed by atoms with Crippen molar-refractivity contribution < 1.29 is 4.79 Å². The van der Waals surface area contributed by atoms with E-state index in [1.54, 1.807) is 0 Å². The maximum Gasteiger partial charge on any atom is 0.254 e. The summed E-state index contributed by atoms with van der Waals surface area (Å²) in [5.74, 6) is 0.223. The van der Waals surface area contributed by atoms with E-state index in [0.717, 1.165) is 64.2 Å². The molecule has 3 heterocycles. The first-order valence-corrected chi connectivity index (χ1v) is 8.43. The highest BCUT2D eigenvalue weighted by Gasteiger charge is 2.33. The smallest absolute Gasteiger partial charge is 0.254 e. The number of nitrogens with zero attached hydrogens (tertiary/aromatic N) is 2. The standard InChI is InChI=1S/C17H24N4O/c22-17-16-10-14(20-8-6-18-7-9-20)4-3-13(16)12-21(17)15-2-1-5-19-11-15/h3-4,10,15,18-19H,1-2,5-9,11-12H2/t15-/m0/s1. The van der Waals surface area contributed by atoms with Gasteiger partial charge in [-0.2, -0.15) is 0 Å². The maximum atomic E-state index is 12.8. The molecule has 3 aliphatic rings. The Morgan fingerprint density at radius 3 is 2.73 bits per heavy atom. The number of carbonyl (C=O) groups is 1. The molecule has 0 saturated carbocycles. The van der Waals surface area contributed by atoms with Crippen molar-refractivity contribution >= 4 is 11.6 Å². The van der Waals surface area contributed by atoms with Crippen LogP contribution in [0.2, 0.25) is 0 Å². The number of anilines is 1. The van der Waals surface area contributed by atoms with Crippen LogP contribution >= 0.6 is 0 Å². The summed E-state index contributed by atoms with van der Waals surface area (Å²) in [6.07, 6.45) is 2.29. The van der Waals surface area contributed by atoms with Gasteiger partial charge in [0.1, 0.15) is 0 Å². The molecule has 0 radical (unpaired) electrons. The average molecular weight is 300 g/mol. The predicted molar refractivity (Wildman–Crippen MR) is 87.3 cm³/mol. The van der Waals surface area contributed by atoms with Crippen LogP contribution in [0, 0.1) is 0 Å². The third-order valence-corrected chi connectivity index (χ3v) is 5.12. The molecule has 2 saturated heterocycles. The van der Waals surface area contributed by atoms with Crippen LogP contribution in [0.15, 0.2) is 18.2 Å². The lowest BCUT2D eigenvalue weighted by atomic mass is 10.1. The Labute approximate surface area is 131 Å². The zero-order valence-electron chi connectivity index (χ0n) is 13.0. The van der Waals surface area contributed by atoms with E-state index in [1.807, 2.05) is 0 Å². The number of carbonyl (C=O) groups excluding carboxylic acids is 1. The number of hydrogen-bond donors (Lipinski definition) is 2. The summed E-state index contributed by atoms with van der Waals surface area (Å²) >= 11 is 0. The first-order chi connectivity index (χ1) is 10.8. The van der Waals surface area contributed by atoms with Crippen LogP contribution < -0.4 is 15.5 Å². The molecule has 4 rings (SSSR count). The second-order valence-corrected chi connectivity index (χ2v) is 6.51. The highest BCUT2D eigenvalue weighted by Crippen LogP contribution is 2.30. The Morgan fingerprint density at radius 2 is 1.95 bits per heavy atom. The largest absolute Gasteiger partial charge is 0.369 e. The second kappa shape index (κ2) is 5.89. The molecule has 3 aliphatic heterocycles. The molecule has 0 unspecified atom stereocenters. The van der Waals surface area contributed by atoms with E-state index in [2.05, 4.69) is 38.6 Å². The van der Waals surface area contributed by atoms with Gasteiger partial charge in [-0.1, -0.05) is 6.07 Å². The van der Waals surface area contributed by atoms with Crippen molar-refractivity contribution in [2.75, 3.05) is 44.2 Å². The Morgan fingerprint density at radius 1 is 1.09 bits per heavy atom. The van der Waals surface area contributed by atoms with E-state index in [9.17, 15) is 4.79 Å². The van der Waals surface area contributed by atoms with Gasteiger partial charge in [-0.05, 0) is 37.1 Å². The fourth-order valence-electron chi connectivity index (χ4n) is 3.83. The van der Waals surface area contributed by atoms with Crippen molar-refractivity contribution in [3.63, 3.8) is 0 Å². The highest BCUT2D eigenvalue weighted by molar-refractivity contribution is 5.99. The molecular formula is C17H24N4O. The van der Waals surface area contributed by atoms with E-state index in [-0.39, 0.29) is 5.91 Å². The lowest BCUT2D eigenvalue weighted by Crippen LogP contribution is -2.46. The topological polar surface area (TPSA) is 47.6 Å². The van der Waals surface area contributed by atoms with Crippen molar-refractivity contribution in [2.24, 2.45) is 0 Å². The molecule has 1 aromatic carbocycles. The molecule has 0 spiro atoms. The highest BCUT2D eigenvalue weighted by atomic mass is 16.2. The summed E-state index contributed by atoms with van der Waals surface area (Å²) < 4.78 is 0. The van der Waals surface area contributed by atoms with Gasteiger partial charge in [0.05, 0.1) is 0 Å². The molecule has 1 atom stereocenters. The van der Waals surface area contributed by atoms with Gasteiger partial charge in [-0.3, -0.25) is 4.79 Å². The molecule has 1 aromatic rings. The molecule has 118 valence electrons. The summed E-state index contributed by atoms with van der Waals surface area (Å²) in [5, 5.41) is 6.78. The number of piperazine rings is 1. The van der Waals surface area contributed by atoms with Crippen molar-refractivity contribution in [1.82, 2.24) is 15.5 Å². The Balaban J connectivity index is 1.55. The van der Waals surface area contributed by atoms with E-state index >= 15 is 0 Å². The van der Waals surface area contributed by atoms with Crippen LogP contribution in [0.5, 0.6) is 0 Å². The van der Waals surface area contributed by atoms with Crippen LogP contribution in [0.3, 0.4) is 0 Å². The molecule has 5 heteroatoms. The van der Waals surface area contributed by atoms with Crippen LogP contribution in [0.25, 0.3) is 0 Å². The fourth-order valence-corrected chi connectivity index (χ4v) is 3.83. The number of rotatable bonds is 2. The van der Waals surface area contributed by atoms with Crippen LogP contribution in [-0.2, 0) is 6.54 Å². The van der Waals surface area contributed by atoms with Crippen LogP contribution in [0.4, 0.5) is 5.69 Å². The fraction of sp³-hybridized carbons (Fsp3) is 0.588. The molecule has 0 aromatic heterocycles. The second-order valence-electron chi connectivity index (χ2n) is 6.51. The zero-order chi connectivity index (χ0) is 14.9. The number of benzene rings is 1. The van der Waals surface area contributed by atoms with E-state index in [4.69, 9.17) is 0 Å². The van der Waals surface area contributed by atoms with Crippen LogP contribution in [0.1, 0.15) is 28.8 Å².